The van der Waals surface area contributed by atoms with Crippen LogP contribution in [0.2, 0.25) is 0 Å². The Bertz CT molecular complexity index is 741. The van der Waals surface area contributed by atoms with Gasteiger partial charge in [0.05, 0.1) is 0 Å². The highest BCUT2D eigenvalue weighted by Gasteiger charge is 2.26. The minimum atomic E-state index is -0.240. The van der Waals surface area contributed by atoms with Crippen LogP contribution in [0.5, 0.6) is 0 Å². The average molecular weight is 385 g/mol. The maximum Gasteiger partial charge on any atom is 0.265 e. The highest BCUT2D eigenvalue weighted by Crippen LogP contribution is 2.19. The zero-order chi connectivity index (χ0) is 20.1. The molecule has 28 heavy (non-hydrogen) atoms. The van der Waals surface area contributed by atoms with Crippen LogP contribution < -0.4 is 4.90 Å². The fourth-order valence-electron chi connectivity index (χ4n) is 3.81. The third-order valence-corrected chi connectivity index (χ3v) is 5.72. The Morgan fingerprint density at radius 3 is 2.32 bits per heavy atom. The van der Waals surface area contributed by atoms with E-state index in [4.69, 9.17) is 0 Å². The van der Waals surface area contributed by atoms with E-state index >= 15 is 0 Å². The summed E-state index contributed by atoms with van der Waals surface area (Å²) in [6.45, 7) is 4.90. The van der Waals surface area contributed by atoms with Gasteiger partial charge in [0.25, 0.3) is 5.91 Å². The molecule has 2 aliphatic rings. The molecule has 0 unspecified atom stereocenters. The van der Waals surface area contributed by atoms with Gasteiger partial charge in [0.2, 0.25) is 0 Å². The normalized spacial score (nSPS) is 19.4. The number of piperazine rings is 1. The fourth-order valence-corrected chi connectivity index (χ4v) is 3.81. The van der Waals surface area contributed by atoms with Gasteiger partial charge in [0.1, 0.15) is 17.5 Å². The number of carbonyl (C=O) groups excluding carboxylic acids is 1. The van der Waals surface area contributed by atoms with Crippen LogP contribution in [0.15, 0.2) is 36.0 Å². The molecule has 0 bridgehead atoms. The number of amides is 1. The molecule has 7 heteroatoms. The molecule has 2 heterocycles. The molecule has 0 radical (unpaired) electrons. The predicted octanol–water partition coefficient (Wildman–Crippen LogP) is 1.91. The lowest BCUT2D eigenvalue weighted by atomic mass is 10.0. The Labute approximate surface area is 166 Å². The number of piperidine rings is 1. The number of hydrogen-bond acceptors (Lipinski definition) is 5. The molecule has 1 amide bonds. The summed E-state index contributed by atoms with van der Waals surface area (Å²) in [4.78, 5) is 21.0. The second-order valence-electron chi connectivity index (χ2n) is 7.60. The van der Waals surface area contributed by atoms with Crippen LogP contribution in [-0.4, -0.2) is 80.0 Å². The van der Waals surface area contributed by atoms with Crippen LogP contribution in [-0.2, 0) is 4.79 Å². The largest absolute Gasteiger partial charge is 0.373 e. The van der Waals surface area contributed by atoms with Gasteiger partial charge in [-0.1, -0.05) is 0 Å². The van der Waals surface area contributed by atoms with E-state index in [1.807, 2.05) is 4.90 Å². The smallest absolute Gasteiger partial charge is 0.265 e. The van der Waals surface area contributed by atoms with Gasteiger partial charge in [-0.15, -0.1) is 0 Å². The van der Waals surface area contributed by atoms with Gasteiger partial charge >= 0.3 is 0 Å². The van der Waals surface area contributed by atoms with Crippen molar-refractivity contribution in [2.24, 2.45) is 0 Å². The van der Waals surface area contributed by atoms with Crippen LogP contribution in [0, 0.1) is 17.1 Å². The minimum Gasteiger partial charge on any atom is -0.373 e. The second kappa shape index (κ2) is 9.07. The molecule has 150 valence electrons. The lowest BCUT2D eigenvalue weighted by Gasteiger charge is -2.36. The van der Waals surface area contributed by atoms with E-state index in [2.05, 4.69) is 22.9 Å². The van der Waals surface area contributed by atoms with E-state index in [1.165, 1.54) is 12.1 Å². The molecule has 3 rings (SSSR count). The number of halogens is 1. The van der Waals surface area contributed by atoms with Gasteiger partial charge < -0.3 is 19.6 Å². The Hall–Kier alpha value is -2.59. The summed E-state index contributed by atoms with van der Waals surface area (Å²) in [5, 5.41) is 9.53. The molecule has 2 saturated heterocycles. The lowest BCUT2D eigenvalue weighted by Crippen LogP contribution is -2.46. The molecular weight excluding hydrogens is 357 g/mol. The average Bonchev–Trinajstić information content (AvgIpc) is 2.72. The maximum absolute atomic E-state index is 13.1. The molecule has 6 nitrogen and oxygen atoms in total. The Kier molecular flexibility index (Phi) is 6.53. The Balaban J connectivity index is 1.58. The maximum atomic E-state index is 13.1. The summed E-state index contributed by atoms with van der Waals surface area (Å²) < 4.78 is 13.1. The molecule has 0 spiro atoms. The van der Waals surface area contributed by atoms with E-state index < -0.39 is 0 Å². The topological polar surface area (TPSA) is 53.8 Å². The first-order valence-corrected chi connectivity index (χ1v) is 9.80. The molecule has 0 atom stereocenters. The van der Waals surface area contributed by atoms with Crippen molar-refractivity contribution in [3.05, 3.63) is 41.9 Å². The lowest BCUT2D eigenvalue weighted by molar-refractivity contribution is -0.128. The van der Waals surface area contributed by atoms with Gasteiger partial charge in [-0.25, -0.2) is 4.39 Å². The summed E-state index contributed by atoms with van der Waals surface area (Å²) in [6, 6.07) is 8.77. The number of benzene rings is 1. The number of likely N-dealkylation sites (N-methyl/N-ethyl adjacent to an activating group) is 1. The number of anilines is 1. The van der Waals surface area contributed by atoms with Crippen molar-refractivity contribution in [3.63, 3.8) is 0 Å². The highest BCUT2D eigenvalue weighted by molar-refractivity contribution is 5.97. The van der Waals surface area contributed by atoms with Crippen molar-refractivity contribution in [2.45, 2.75) is 18.9 Å². The molecule has 0 N–H and O–H groups in total. The third kappa shape index (κ3) is 4.82. The van der Waals surface area contributed by atoms with Crippen LogP contribution >= 0.6 is 0 Å². The predicted molar refractivity (Wildman–Crippen MR) is 107 cm³/mol. The molecule has 1 aromatic carbocycles. The van der Waals surface area contributed by atoms with Crippen LogP contribution in [0.3, 0.4) is 0 Å². The summed E-state index contributed by atoms with van der Waals surface area (Å²) in [7, 11) is 3.89. The summed E-state index contributed by atoms with van der Waals surface area (Å²) in [5.41, 5.74) is 1.18. The van der Waals surface area contributed by atoms with Crippen LogP contribution in [0.1, 0.15) is 12.8 Å². The van der Waals surface area contributed by atoms with Crippen molar-refractivity contribution >= 4 is 11.6 Å². The second-order valence-corrected chi connectivity index (χ2v) is 7.60. The third-order valence-electron chi connectivity index (χ3n) is 5.72. The SMILES string of the molecule is CN1CCC(N(C)C(=O)/C(C#N)=C\N2CCN(c3ccc(F)cc3)CC2)CC1. The van der Waals surface area contributed by atoms with Gasteiger partial charge in [0, 0.05) is 51.2 Å². The molecule has 2 fully saturated rings. The highest BCUT2D eigenvalue weighted by atomic mass is 19.1. The van der Waals surface area contributed by atoms with Crippen molar-refractivity contribution < 1.29 is 9.18 Å². The van der Waals surface area contributed by atoms with Crippen molar-refractivity contribution in [2.75, 3.05) is 58.3 Å². The van der Waals surface area contributed by atoms with Gasteiger partial charge in [-0.3, -0.25) is 4.79 Å². The number of rotatable bonds is 4. The van der Waals surface area contributed by atoms with Gasteiger partial charge in [-0.05, 0) is 57.2 Å². The number of nitriles is 1. The molecule has 2 aliphatic heterocycles. The van der Waals surface area contributed by atoms with E-state index in [0.717, 1.165) is 44.7 Å². The zero-order valence-corrected chi connectivity index (χ0v) is 16.6. The molecule has 0 saturated carbocycles. The van der Waals surface area contributed by atoms with Crippen LogP contribution in [0.25, 0.3) is 0 Å². The Morgan fingerprint density at radius 1 is 1.14 bits per heavy atom. The first kappa shape index (κ1) is 20.2. The van der Waals surface area contributed by atoms with E-state index in [1.54, 1.807) is 30.3 Å². The molecule has 1 aromatic rings. The standard InChI is InChI=1S/C21H28FN5O/c1-24-9-7-19(8-10-24)25(2)21(28)17(15-23)16-26-11-13-27(14-12-26)20-5-3-18(22)4-6-20/h3-6,16,19H,7-14H2,1-2H3/b17-16-. The quantitative estimate of drug-likeness (QED) is 0.585. The summed E-state index contributed by atoms with van der Waals surface area (Å²) >= 11 is 0. The van der Waals surface area contributed by atoms with E-state index in [-0.39, 0.29) is 23.3 Å². The van der Waals surface area contributed by atoms with E-state index in [0.29, 0.717) is 13.1 Å². The van der Waals surface area contributed by atoms with E-state index in [9.17, 15) is 14.4 Å². The summed E-state index contributed by atoms with van der Waals surface area (Å²) in [5.74, 6) is -0.436. The number of hydrogen-bond donors (Lipinski definition) is 0. The summed E-state index contributed by atoms with van der Waals surface area (Å²) in [6.07, 6.45) is 3.58. The minimum absolute atomic E-state index is 0.191. The first-order chi connectivity index (χ1) is 13.5. The number of likely N-dealkylation sites (tertiary alicyclic amines) is 1. The van der Waals surface area contributed by atoms with Crippen molar-refractivity contribution in [1.29, 1.82) is 5.26 Å². The molecule has 0 aromatic heterocycles. The van der Waals surface area contributed by atoms with Gasteiger partial charge in [0.15, 0.2) is 0 Å². The first-order valence-electron chi connectivity index (χ1n) is 9.80. The van der Waals surface area contributed by atoms with Crippen molar-refractivity contribution in [1.82, 2.24) is 14.7 Å². The fraction of sp³-hybridized carbons (Fsp3) is 0.524. The molecular formula is C21H28FN5O. The monoisotopic (exact) mass is 385 g/mol. The number of carbonyl (C=O) groups is 1. The number of nitrogens with zero attached hydrogens (tertiary/aromatic N) is 5. The van der Waals surface area contributed by atoms with Gasteiger partial charge in [-0.2, -0.15) is 5.26 Å². The van der Waals surface area contributed by atoms with Crippen molar-refractivity contribution in [3.8, 4) is 6.07 Å². The molecule has 0 aliphatic carbocycles. The zero-order valence-electron chi connectivity index (χ0n) is 16.6. The Morgan fingerprint density at radius 2 is 1.75 bits per heavy atom. The van der Waals surface area contributed by atoms with Crippen LogP contribution in [0.4, 0.5) is 10.1 Å².